The third kappa shape index (κ3) is 16.8. The maximum atomic E-state index is 13.5. The molecule has 12 N–H and O–H groups in total. The topological polar surface area (TPSA) is 321 Å². The lowest BCUT2D eigenvalue weighted by Gasteiger charge is -2.27. The molecule has 0 spiro atoms. The number of nitrogens with two attached hydrogens (primary N) is 2. The molecule has 0 aliphatic rings. The summed E-state index contributed by atoms with van der Waals surface area (Å²) >= 11 is 0. The van der Waals surface area contributed by atoms with E-state index in [0.29, 0.717) is 25.2 Å². The number of phosphoric acid groups is 1. The second-order valence-corrected chi connectivity index (χ2v) is 13.0. The molecule has 1 aromatic rings. The number of aromatic nitrogens is 2. The number of nitrogens with zero attached hydrogens (tertiary/aromatic N) is 2. The highest BCUT2D eigenvalue weighted by molar-refractivity contribution is 7.46. The Morgan fingerprint density at radius 2 is 1.57 bits per heavy atom. The lowest BCUT2D eigenvalue weighted by Crippen LogP contribution is -2.60. The van der Waals surface area contributed by atoms with Gasteiger partial charge >= 0.3 is 7.82 Å². The van der Waals surface area contributed by atoms with Crippen molar-refractivity contribution in [1.82, 2.24) is 36.1 Å². The van der Waals surface area contributed by atoms with E-state index in [1.807, 2.05) is 13.8 Å². The molecule has 0 bridgehead atoms. The third-order valence-corrected chi connectivity index (χ3v) is 7.68. The second-order valence-electron chi connectivity index (χ2n) is 11.8. The molecule has 1 aromatic heterocycles. The highest BCUT2D eigenvalue weighted by Crippen LogP contribution is 2.38. The van der Waals surface area contributed by atoms with Crippen molar-refractivity contribution in [3.8, 4) is 0 Å². The van der Waals surface area contributed by atoms with Crippen molar-refractivity contribution in [2.75, 3.05) is 26.2 Å². The molecule has 5 atom stereocenters. The molecule has 1 heterocycles. The number of primary amides is 1. The molecule has 0 aliphatic carbocycles. The molecule has 49 heavy (non-hydrogen) atoms. The zero-order chi connectivity index (χ0) is 37.3. The van der Waals surface area contributed by atoms with E-state index in [-0.39, 0.29) is 31.2 Å². The number of H-pyrrole nitrogens is 1. The lowest BCUT2D eigenvalue weighted by atomic mass is 10.0. The van der Waals surface area contributed by atoms with Gasteiger partial charge in [-0.05, 0) is 38.6 Å². The van der Waals surface area contributed by atoms with Gasteiger partial charge in [0.25, 0.3) is 0 Å². The monoisotopic (exact) mass is 719 g/mol. The van der Waals surface area contributed by atoms with Gasteiger partial charge in [-0.15, -0.1) is 0 Å². The smallest absolute Gasteiger partial charge is 0.394 e. The van der Waals surface area contributed by atoms with Crippen molar-refractivity contribution in [2.24, 2.45) is 17.4 Å². The van der Waals surface area contributed by atoms with E-state index in [0.717, 1.165) is 19.8 Å². The summed E-state index contributed by atoms with van der Waals surface area (Å²) in [7, 11) is -5.09. The van der Waals surface area contributed by atoms with Crippen molar-refractivity contribution < 1.29 is 52.7 Å². The number of hydrogen-bond acceptors (Lipinski definition) is 11. The van der Waals surface area contributed by atoms with Gasteiger partial charge in [0.1, 0.15) is 24.2 Å². The van der Waals surface area contributed by atoms with Crippen molar-refractivity contribution in [2.45, 2.75) is 90.1 Å². The number of aliphatic hydroxyl groups excluding tert-OH is 1. The van der Waals surface area contributed by atoms with Gasteiger partial charge < -0.3 is 57.5 Å². The van der Waals surface area contributed by atoms with Crippen LogP contribution in [0.1, 0.15) is 59.1 Å². The van der Waals surface area contributed by atoms with Crippen molar-refractivity contribution >= 4 is 43.3 Å². The summed E-state index contributed by atoms with van der Waals surface area (Å²) in [5.41, 5.74) is 11.2. The van der Waals surface area contributed by atoms with Crippen LogP contribution < -0.4 is 32.7 Å². The molecular formula is C28H50N9O11P. The van der Waals surface area contributed by atoms with Crippen molar-refractivity contribution in [1.29, 1.82) is 0 Å². The van der Waals surface area contributed by atoms with Crippen LogP contribution in [0.15, 0.2) is 12.5 Å². The Balaban J connectivity index is 3.14. The van der Waals surface area contributed by atoms with Crippen LogP contribution in [-0.4, -0.2) is 122 Å². The molecule has 6 amide bonds. The van der Waals surface area contributed by atoms with Crippen LogP contribution in [0.5, 0.6) is 0 Å². The van der Waals surface area contributed by atoms with Gasteiger partial charge in [-0.2, -0.15) is 0 Å². The molecule has 0 fully saturated rings. The Labute approximate surface area is 284 Å². The number of aromatic amines is 1. The molecule has 0 aliphatic heterocycles. The highest BCUT2D eigenvalue weighted by atomic mass is 31.2. The Kier molecular flexibility index (Phi) is 18.6. The Morgan fingerprint density at radius 1 is 0.959 bits per heavy atom. The van der Waals surface area contributed by atoms with Gasteiger partial charge in [-0.25, -0.2) is 9.55 Å². The maximum Gasteiger partial charge on any atom is 0.469 e. The number of aliphatic hydroxyl groups is 1. The fraction of sp³-hybridized carbons (Fsp3) is 0.679. The Bertz CT molecular complexity index is 1290. The van der Waals surface area contributed by atoms with E-state index < -0.39 is 74.2 Å². The first kappa shape index (κ1) is 43.1. The van der Waals surface area contributed by atoms with Crippen molar-refractivity contribution in [3.05, 3.63) is 18.2 Å². The molecule has 0 unspecified atom stereocenters. The average molecular weight is 720 g/mol. The van der Waals surface area contributed by atoms with E-state index in [2.05, 4.69) is 35.8 Å². The van der Waals surface area contributed by atoms with Gasteiger partial charge in [0.2, 0.25) is 35.4 Å². The SMILES string of the molecule is CC(=O)N(CCCCCN)CC(=O)N[C@@H](CC(C)C)C(=O)N[C@@H](Cc1cnc[nH]1)C(=O)N[C@@H](CO)C(=O)N[C@H](C(N)=O)[C@@H](C)OP(=O)(O)O. The maximum absolute atomic E-state index is 13.5. The van der Waals surface area contributed by atoms with Gasteiger partial charge in [-0.1, -0.05) is 20.3 Å². The molecule has 21 heteroatoms. The van der Waals surface area contributed by atoms with E-state index in [1.165, 1.54) is 24.3 Å². The number of carbonyl (C=O) groups is 6. The van der Waals surface area contributed by atoms with E-state index in [4.69, 9.17) is 21.3 Å². The summed E-state index contributed by atoms with van der Waals surface area (Å²) in [5.74, 6) is -5.09. The zero-order valence-corrected chi connectivity index (χ0v) is 29.0. The number of imidazole rings is 1. The van der Waals surface area contributed by atoms with Gasteiger partial charge in [-0.3, -0.25) is 33.3 Å². The molecule has 0 aromatic carbocycles. The fourth-order valence-electron chi connectivity index (χ4n) is 4.60. The standard InChI is InChI=1S/C28H50N9O11P/c1-16(2)10-20(33-23(40)13-37(18(4)39)9-7-5-6-8-29)26(42)34-21(11-19-12-31-15-32-19)27(43)35-22(14-38)28(44)36-24(25(30)41)17(3)48-49(45,46)47/h12,15-17,20-22,24,38H,5-11,13-14,29H2,1-4H3,(H2,30,41)(H,31,32)(H,33,40)(H,34,42)(H,35,43)(H,36,44)(H2,45,46,47)/t17-,20+,21+,22+,24+/m1/s1. The van der Waals surface area contributed by atoms with E-state index in [9.17, 15) is 38.4 Å². The van der Waals surface area contributed by atoms with E-state index >= 15 is 0 Å². The second kappa shape index (κ2) is 21.2. The molecule has 1 rings (SSSR count). The quantitative estimate of drug-likeness (QED) is 0.0396. The number of amides is 6. The van der Waals surface area contributed by atoms with Crippen LogP contribution in [0, 0.1) is 5.92 Å². The first-order chi connectivity index (χ1) is 22.9. The molecule has 0 saturated heterocycles. The fourth-order valence-corrected chi connectivity index (χ4v) is 5.16. The number of hydrogen-bond donors (Lipinski definition) is 10. The minimum absolute atomic E-state index is 0.0892. The number of rotatable bonds is 23. The largest absolute Gasteiger partial charge is 0.469 e. The first-order valence-electron chi connectivity index (χ1n) is 15.7. The molecule has 278 valence electrons. The zero-order valence-electron chi connectivity index (χ0n) is 28.1. The third-order valence-electron chi connectivity index (χ3n) is 7.08. The summed E-state index contributed by atoms with van der Waals surface area (Å²) in [6, 6.07) is -6.00. The Morgan fingerprint density at radius 3 is 2.08 bits per heavy atom. The van der Waals surface area contributed by atoms with Gasteiger partial charge in [0, 0.05) is 31.8 Å². The van der Waals surface area contributed by atoms with E-state index in [1.54, 1.807) is 0 Å². The van der Waals surface area contributed by atoms with Crippen LogP contribution in [0.3, 0.4) is 0 Å². The normalized spacial score (nSPS) is 14.6. The van der Waals surface area contributed by atoms with Crippen molar-refractivity contribution in [3.63, 3.8) is 0 Å². The predicted octanol–water partition coefficient (Wildman–Crippen LogP) is -3.11. The molecular weight excluding hydrogens is 669 g/mol. The van der Waals surface area contributed by atoms with Crippen LogP contribution in [0.4, 0.5) is 0 Å². The minimum atomic E-state index is -5.09. The number of phosphoric ester groups is 1. The summed E-state index contributed by atoms with van der Waals surface area (Å²) < 4.78 is 15.6. The minimum Gasteiger partial charge on any atom is -0.394 e. The number of nitrogens with one attached hydrogen (secondary N) is 5. The summed E-state index contributed by atoms with van der Waals surface area (Å²) in [6.45, 7) is 5.56. The predicted molar refractivity (Wildman–Crippen MR) is 174 cm³/mol. The van der Waals surface area contributed by atoms with Crippen LogP contribution in [0.25, 0.3) is 0 Å². The van der Waals surface area contributed by atoms with Crippen LogP contribution in [0.2, 0.25) is 0 Å². The lowest BCUT2D eigenvalue weighted by molar-refractivity contribution is -0.137. The molecule has 0 radical (unpaired) electrons. The first-order valence-corrected chi connectivity index (χ1v) is 17.2. The van der Waals surface area contributed by atoms with Gasteiger partial charge in [0.05, 0.1) is 25.6 Å². The summed E-state index contributed by atoms with van der Waals surface area (Å²) in [5, 5.41) is 19.4. The average Bonchev–Trinajstić information content (AvgIpc) is 3.51. The van der Waals surface area contributed by atoms with Gasteiger partial charge in [0.15, 0.2) is 0 Å². The van der Waals surface area contributed by atoms with Crippen LogP contribution in [-0.2, 0) is 44.3 Å². The molecule has 0 saturated carbocycles. The number of unbranched alkanes of at least 4 members (excludes halogenated alkanes) is 2. The summed E-state index contributed by atoms with van der Waals surface area (Å²) in [4.78, 5) is 103. The van der Waals surface area contributed by atoms with Crippen LogP contribution >= 0.6 is 7.82 Å². The summed E-state index contributed by atoms with van der Waals surface area (Å²) in [6.07, 6.45) is 3.30. The number of carbonyl (C=O) groups excluding carboxylic acids is 6. The Hall–Kier alpha value is -3.94. The molecule has 20 nitrogen and oxygen atoms in total. The highest BCUT2D eigenvalue weighted by Gasteiger charge is 2.35.